The van der Waals surface area contributed by atoms with Crippen LogP contribution in [0.5, 0.6) is 0 Å². The van der Waals surface area contributed by atoms with E-state index in [0.717, 1.165) is 11.6 Å². The van der Waals surface area contributed by atoms with E-state index < -0.39 is 29.0 Å². The van der Waals surface area contributed by atoms with Gasteiger partial charge in [-0.15, -0.1) is 0 Å². The van der Waals surface area contributed by atoms with Crippen LogP contribution in [0.1, 0.15) is 28.4 Å². The van der Waals surface area contributed by atoms with Crippen LogP contribution in [0.4, 0.5) is 8.78 Å². The van der Waals surface area contributed by atoms with Gasteiger partial charge < -0.3 is 5.73 Å². The Morgan fingerprint density at radius 1 is 1.15 bits per heavy atom. The molecule has 2 nitrogen and oxygen atoms in total. The van der Waals surface area contributed by atoms with Gasteiger partial charge in [0.2, 0.25) is 0 Å². The van der Waals surface area contributed by atoms with Crippen LogP contribution in [-0.4, -0.2) is 5.78 Å². The van der Waals surface area contributed by atoms with Gasteiger partial charge in [-0.25, -0.2) is 8.78 Å². The lowest BCUT2D eigenvalue weighted by Gasteiger charge is -2.12. The lowest BCUT2D eigenvalue weighted by atomic mass is 9.98. The Balaban J connectivity index is 2.23. The molecule has 0 heterocycles. The molecule has 0 spiro atoms. The summed E-state index contributed by atoms with van der Waals surface area (Å²) in [5.41, 5.74) is 6.09. The van der Waals surface area contributed by atoms with E-state index in [9.17, 15) is 13.6 Å². The number of halogens is 3. The van der Waals surface area contributed by atoms with E-state index in [1.54, 1.807) is 24.3 Å². The molecule has 0 aliphatic rings. The molecule has 0 bridgehead atoms. The Morgan fingerprint density at radius 3 is 2.45 bits per heavy atom. The van der Waals surface area contributed by atoms with Crippen LogP contribution < -0.4 is 5.73 Å². The molecule has 5 heteroatoms. The van der Waals surface area contributed by atoms with Crippen molar-refractivity contribution in [1.82, 2.24) is 0 Å². The third kappa shape index (κ3) is 3.11. The third-order valence-electron chi connectivity index (χ3n) is 2.96. The van der Waals surface area contributed by atoms with E-state index in [0.29, 0.717) is 0 Å². The summed E-state index contributed by atoms with van der Waals surface area (Å²) in [5.74, 6) is -2.43. The van der Waals surface area contributed by atoms with Crippen LogP contribution in [0.25, 0.3) is 0 Å². The first-order valence-corrected chi connectivity index (χ1v) is 6.77. The van der Waals surface area contributed by atoms with E-state index in [1.165, 1.54) is 6.07 Å². The lowest BCUT2D eigenvalue weighted by Crippen LogP contribution is -2.17. The van der Waals surface area contributed by atoms with Crippen molar-refractivity contribution in [2.45, 2.75) is 12.5 Å². The molecule has 2 aromatic rings. The summed E-state index contributed by atoms with van der Waals surface area (Å²) in [4.78, 5) is 12.0. The summed E-state index contributed by atoms with van der Waals surface area (Å²) in [6.45, 7) is 0. The molecule has 1 atom stereocenters. The fourth-order valence-corrected chi connectivity index (χ4v) is 2.23. The van der Waals surface area contributed by atoms with Crippen LogP contribution in [0.2, 0.25) is 0 Å². The normalized spacial score (nSPS) is 12.2. The third-order valence-corrected chi connectivity index (χ3v) is 3.57. The highest BCUT2D eigenvalue weighted by Gasteiger charge is 2.22. The van der Waals surface area contributed by atoms with Crippen molar-refractivity contribution in [1.29, 1.82) is 0 Å². The first-order valence-electron chi connectivity index (χ1n) is 5.98. The predicted octanol–water partition coefficient (Wildman–Crippen LogP) is 4.00. The number of hydrogen-bond donors (Lipinski definition) is 1. The van der Waals surface area contributed by atoms with E-state index in [-0.39, 0.29) is 10.9 Å². The van der Waals surface area contributed by atoms with E-state index in [1.807, 2.05) is 6.07 Å². The molecular formula is C15H12BrF2NO. The minimum Gasteiger partial charge on any atom is -0.324 e. The minimum atomic E-state index is -0.893. The molecule has 104 valence electrons. The first kappa shape index (κ1) is 14.8. The van der Waals surface area contributed by atoms with Crippen LogP contribution in [-0.2, 0) is 0 Å². The molecule has 0 amide bonds. The second-order valence-corrected chi connectivity index (χ2v) is 5.22. The van der Waals surface area contributed by atoms with Crippen LogP contribution in [0.3, 0.4) is 0 Å². The van der Waals surface area contributed by atoms with Gasteiger partial charge in [-0.05, 0) is 33.6 Å². The number of carbonyl (C=O) groups is 1. The molecule has 2 aromatic carbocycles. The van der Waals surface area contributed by atoms with Crippen molar-refractivity contribution in [3.8, 4) is 0 Å². The van der Waals surface area contributed by atoms with Crippen molar-refractivity contribution in [2.24, 2.45) is 5.73 Å². The Bertz CT molecular complexity index is 631. The number of nitrogens with two attached hydrogens (primary N) is 1. The SMILES string of the molecule is NC(CC(=O)c1c(F)ccc(Br)c1F)c1ccccc1. The van der Waals surface area contributed by atoms with Gasteiger partial charge in [0.05, 0.1) is 10.0 Å². The highest BCUT2D eigenvalue weighted by atomic mass is 79.9. The van der Waals surface area contributed by atoms with Crippen LogP contribution >= 0.6 is 15.9 Å². The smallest absolute Gasteiger partial charge is 0.170 e. The van der Waals surface area contributed by atoms with E-state index in [2.05, 4.69) is 15.9 Å². The molecule has 0 radical (unpaired) electrons. The first-order chi connectivity index (χ1) is 9.50. The molecule has 2 rings (SSSR count). The molecule has 0 aliphatic carbocycles. The average molecular weight is 340 g/mol. The lowest BCUT2D eigenvalue weighted by molar-refractivity contribution is 0.0966. The summed E-state index contributed by atoms with van der Waals surface area (Å²) in [5, 5.41) is 0. The topological polar surface area (TPSA) is 43.1 Å². The fraction of sp³-hybridized carbons (Fsp3) is 0.133. The maximum Gasteiger partial charge on any atom is 0.170 e. The van der Waals surface area contributed by atoms with Crippen molar-refractivity contribution in [3.05, 3.63) is 69.7 Å². The predicted molar refractivity (Wildman–Crippen MR) is 76.4 cm³/mol. The summed E-state index contributed by atoms with van der Waals surface area (Å²) < 4.78 is 27.5. The average Bonchev–Trinajstić information content (AvgIpc) is 2.44. The number of carbonyl (C=O) groups excluding carboxylic acids is 1. The zero-order valence-corrected chi connectivity index (χ0v) is 12.0. The molecule has 20 heavy (non-hydrogen) atoms. The molecule has 0 saturated heterocycles. The Morgan fingerprint density at radius 2 is 1.80 bits per heavy atom. The monoisotopic (exact) mass is 339 g/mol. The molecular weight excluding hydrogens is 328 g/mol. The maximum absolute atomic E-state index is 13.8. The highest BCUT2D eigenvalue weighted by molar-refractivity contribution is 9.10. The number of benzene rings is 2. The quantitative estimate of drug-likeness (QED) is 0.675. The maximum atomic E-state index is 13.8. The van der Waals surface area contributed by atoms with Gasteiger partial charge >= 0.3 is 0 Å². The van der Waals surface area contributed by atoms with Gasteiger partial charge in [-0.2, -0.15) is 0 Å². The van der Waals surface area contributed by atoms with Crippen LogP contribution in [0.15, 0.2) is 46.9 Å². The standard InChI is InChI=1S/C15H12BrF2NO/c16-10-6-7-11(17)14(15(10)18)13(20)8-12(19)9-4-2-1-3-5-9/h1-7,12H,8,19H2. The molecule has 0 fully saturated rings. The van der Waals surface area contributed by atoms with Crippen molar-refractivity contribution in [2.75, 3.05) is 0 Å². The number of ketones is 1. The Hall–Kier alpha value is -1.59. The van der Waals surface area contributed by atoms with Gasteiger partial charge in [-0.3, -0.25) is 4.79 Å². The van der Waals surface area contributed by atoms with Gasteiger partial charge in [0, 0.05) is 12.5 Å². The summed E-state index contributed by atoms with van der Waals surface area (Å²) >= 11 is 2.93. The molecule has 1 unspecified atom stereocenters. The molecule has 0 saturated carbocycles. The largest absolute Gasteiger partial charge is 0.324 e. The highest BCUT2D eigenvalue weighted by Crippen LogP contribution is 2.25. The summed E-state index contributed by atoms with van der Waals surface area (Å²) in [6, 6.07) is 10.6. The van der Waals surface area contributed by atoms with Gasteiger partial charge in [-0.1, -0.05) is 30.3 Å². The Labute approximate surface area is 123 Å². The van der Waals surface area contributed by atoms with E-state index >= 15 is 0 Å². The number of Topliss-reactive ketones (excluding diaryl/α,β-unsaturated/α-hetero) is 1. The van der Waals surface area contributed by atoms with Crippen LogP contribution in [0, 0.1) is 11.6 Å². The molecule has 2 N–H and O–H groups in total. The van der Waals surface area contributed by atoms with Crippen molar-refractivity contribution < 1.29 is 13.6 Å². The Kier molecular flexibility index (Phi) is 4.62. The summed E-state index contributed by atoms with van der Waals surface area (Å²) in [6.07, 6.45) is -0.158. The van der Waals surface area contributed by atoms with Gasteiger partial charge in [0.1, 0.15) is 5.82 Å². The second-order valence-electron chi connectivity index (χ2n) is 4.36. The zero-order chi connectivity index (χ0) is 14.7. The number of hydrogen-bond acceptors (Lipinski definition) is 2. The van der Waals surface area contributed by atoms with Gasteiger partial charge in [0.25, 0.3) is 0 Å². The zero-order valence-electron chi connectivity index (χ0n) is 10.4. The van der Waals surface area contributed by atoms with Gasteiger partial charge in [0.15, 0.2) is 11.6 Å². The molecule has 0 aliphatic heterocycles. The summed E-state index contributed by atoms with van der Waals surface area (Å²) in [7, 11) is 0. The second kappa shape index (κ2) is 6.24. The fourth-order valence-electron chi connectivity index (χ4n) is 1.90. The number of rotatable bonds is 4. The molecule has 0 aromatic heterocycles. The van der Waals surface area contributed by atoms with Crippen molar-refractivity contribution in [3.63, 3.8) is 0 Å². The van der Waals surface area contributed by atoms with Crippen molar-refractivity contribution >= 4 is 21.7 Å². The van der Waals surface area contributed by atoms with E-state index in [4.69, 9.17) is 5.73 Å². The minimum absolute atomic E-state index is 0.0514.